The number of aromatic nitrogens is 1. The molecule has 3 aromatic rings. The first kappa shape index (κ1) is 41.6. The Labute approximate surface area is 309 Å². The first-order chi connectivity index (χ1) is 24.2. The van der Waals surface area contributed by atoms with Crippen LogP contribution in [0, 0.1) is 23.7 Å². The number of nitrogens with zero attached hydrogens (tertiary/aromatic N) is 2. The summed E-state index contributed by atoms with van der Waals surface area (Å²) in [6.45, 7) is 15.8. The number of amides is 2. The fourth-order valence-corrected chi connectivity index (χ4v) is 7.61. The van der Waals surface area contributed by atoms with Crippen LogP contribution >= 0.6 is 11.3 Å². The van der Waals surface area contributed by atoms with Crippen LogP contribution in [0.25, 0.3) is 0 Å². The van der Waals surface area contributed by atoms with E-state index in [-0.39, 0.29) is 59.5 Å². The summed E-state index contributed by atoms with van der Waals surface area (Å²) < 4.78 is 5.82. The Kier molecular flexibility index (Phi) is 16.5. The second-order valence-corrected chi connectivity index (χ2v) is 15.8. The van der Waals surface area contributed by atoms with E-state index in [1.807, 2.05) is 83.1 Å². The highest BCUT2D eigenvalue weighted by Gasteiger charge is 2.36. The van der Waals surface area contributed by atoms with Gasteiger partial charge in [-0.2, -0.15) is 0 Å². The van der Waals surface area contributed by atoms with E-state index in [9.17, 15) is 19.2 Å². The summed E-state index contributed by atoms with van der Waals surface area (Å²) in [5.41, 5.74) is 2.54. The third-order valence-corrected chi connectivity index (χ3v) is 10.8. The van der Waals surface area contributed by atoms with Gasteiger partial charge in [-0.1, -0.05) is 116 Å². The van der Waals surface area contributed by atoms with Gasteiger partial charge in [-0.15, -0.1) is 11.3 Å². The van der Waals surface area contributed by atoms with E-state index in [1.165, 1.54) is 18.3 Å². The summed E-state index contributed by atoms with van der Waals surface area (Å²) in [6, 6.07) is 19.7. The zero-order valence-corrected chi connectivity index (χ0v) is 32.9. The van der Waals surface area contributed by atoms with E-state index in [0.29, 0.717) is 30.2 Å². The number of carbonyl (C=O) groups excluding carboxylic acids is 4. The molecule has 0 saturated heterocycles. The standard InChI is InChI=1S/C42H59N3O5S/c1-10-29(6)36(24-35(47)22-30(7)33-19-15-12-16-20-33)42(49)45(9)38(28(4)5)25-39(50-31(8)46)41-44-37(26-51-41)40(48)43-34(21-27(2)3)23-32-17-13-11-14-18-32/h11-20,26-30,34,36,38-39H,10,21-25H2,1-9H3,(H,43,48)/t29-,30+,34+,36-,38+,39+/m0/s1. The van der Waals surface area contributed by atoms with Crippen molar-refractivity contribution in [3.05, 3.63) is 87.9 Å². The third-order valence-electron chi connectivity index (χ3n) is 9.82. The zero-order valence-electron chi connectivity index (χ0n) is 32.1. The second-order valence-electron chi connectivity index (χ2n) is 14.9. The molecule has 0 aliphatic carbocycles. The predicted octanol–water partition coefficient (Wildman–Crippen LogP) is 8.82. The van der Waals surface area contributed by atoms with Crippen LogP contribution in [0.2, 0.25) is 0 Å². The van der Waals surface area contributed by atoms with Gasteiger partial charge in [0.1, 0.15) is 16.5 Å². The van der Waals surface area contributed by atoms with Gasteiger partial charge in [0.2, 0.25) is 5.91 Å². The van der Waals surface area contributed by atoms with Gasteiger partial charge in [-0.05, 0) is 47.6 Å². The number of benzene rings is 2. The van der Waals surface area contributed by atoms with Crippen molar-refractivity contribution in [1.82, 2.24) is 15.2 Å². The maximum absolute atomic E-state index is 14.2. The SMILES string of the molecule is CC[C@H](C)[C@H](CC(=O)C[C@@H](C)c1ccccc1)C(=O)N(C)[C@H](C[C@@H](OC(C)=O)c1nc(C(=O)N[C@@H](Cc2ccccc2)CC(C)C)cs1)C(C)C. The van der Waals surface area contributed by atoms with Gasteiger partial charge in [0, 0.05) is 56.6 Å². The molecule has 2 aromatic carbocycles. The van der Waals surface area contributed by atoms with Gasteiger partial charge in [0.05, 0.1) is 0 Å². The highest BCUT2D eigenvalue weighted by molar-refractivity contribution is 7.09. The van der Waals surface area contributed by atoms with Crippen molar-refractivity contribution in [3.63, 3.8) is 0 Å². The number of thiazole rings is 1. The topological polar surface area (TPSA) is 106 Å². The molecule has 0 unspecified atom stereocenters. The first-order valence-electron chi connectivity index (χ1n) is 18.5. The third kappa shape index (κ3) is 13.0. The van der Waals surface area contributed by atoms with Crippen LogP contribution in [0.15, 0.2) is 66.0 Å². The molecular weight excluding hydrogens is 659 g/mol. The Balaban J connectivity index is 1.77. The van der Waals surface area contributed by atoms with Gasteiger partial charge >= 0.3 is 5.97 Å². The minimum atomic E-state index is -0.747. The maximum atomic E-state index is 14.2. The smallest absolute Gasteiger partial charge is 0.303 e. The van der Waals surface area contributed by atoms with Gasteiger partial charge in [-0.25, -0.2) is 4.98 Å². The summed E-state index contributed by atoms with van der Waals surface area (Å²) in [6.07, 6.45) is 2.42. The molecular formula is C42H59N3O5S. The highest BCUT2D eigenvalue weighted by atomic mass is 32.1. The average molecular weight is 718 g/mol. The molecule has 9 heteroatoms. The van der Waals surface area contributed by atoms with Crippen LogP contribution in [-0.4, -0.2) is 52.6 Å². The van der Waals surface area contributed by atoms with E-state index in [1.54, 1.807) is 17.3 Å². The molecule has 3 rings (SSSR count). The summed E-state index contributed by atoms with van der Waals surface area (Å²) in [5, 5.41) is 5.39. The minimum absolute atomic E-state index is 0.00876. The van der Waals surface area contributed by atoms with Crippen LogP contribution in [0.5, 0.6) is 0 Å². The summed E-state index contributed by atoms with van der Waals surface area (Å²) in [4.78, 5) is 59.8. The lowest BCUT2D eigenvalue weighted by Gasteiger charge is -2.36. The van der Waals surface area contributed by atoms with E-state index in [0.717, 1.165) is 24.0 Å². The van der Waals surface area contributed by atoms with Crippen molar-refractivity contribution < 1.29 is 23.9 Å². The number of esters is 1. The molecule has 2 amide bonds. The number of rotatable bonds is 20. The van der Waals surface area contributed by atoms with Crippen molar-refractivity contribution in [3.8, 4) is 0 Å². The van der Waals surface area contributed by atoms with E-state index < -0.39 is 18.0 Å². The molecule has 1 aromatic heterocycles. The Hall–Kier alpha value is -3.85. The molecule has 51 heavy (non-hydrogen) atoms. The molecule has 0 fully saturated rings. The molecule has 8 nitrogen and oxygen atoms in total. The molecule has 1 N–H and O–H groups in total. The van der Waals surface area contributed by atoms with Crippen molar-refractivity contribution in [2.24, 2.45) is 23.7 Å². The van der Waals surface area contributed by atoms with Gasteiger partial charge in [-0.3, -0.25) is 19.2 Å². The molecule has 1 heterocycles. The lowest BCUT2D eigenvalue weighted by Crippen LogP contribution is -2.46. The molecule has 0 bridgehead atoms. The minimum Gasteiger partial charge on any atom is -0.455 e. The number of Topliss-reactive ketones (excluding diaryl/α,β-unsaturated/α-hetero) is 1. The summed E-state index contributed by atoms with van der Waals surface area (Å²) in [5.74, 6) is -0.730. The van der Waals surface area contributed by atoms with Crippen LogP contribution in [0.3, 0.4) is 0 Å². The zero-order chi connectivity index (χ0) is 37.7. The second kappa shape index (κ2) is 20.3. The molecule has 0 saturated carbocycles. The predicted molar refractivity (Wildman–Crippen MR) is 206 cm³/mol. The number of ketones is 1. The quantitative estimate of drug-likeness (QED) is 0.117. The molecule has 0 spiro atoms. The molecule has 0 radical (unpaired) electrons. The van der Waals surface area contributed by atoms with Crippen molar-refractivity contribution in [2.75, 3.05) is 7.05 Å². The van der Waals surface area contributed by atoms with E-state index in [2.05, 4.69) is 36.3 Å². The fourth-order valence-electron chi connectivity index (χ4n) is 6.77. The Morgan fingerprint density at radius 3 is 2.08 bits per heavy atom. The molecule has 278 valence electrons. The fraction of sp³-hybridized carbons (Fsp3) is 0.548. The Morgan fingerprint density at radius 2 is 1.51 bits per heavy atom. The molecule has 0 aliphatic heterocycles. The van der Waals surface area contributed by atoms with E-state index in [4.69, 9.17) is 4.74 Å². The summed E-state index contributed by atoms with van der Waals surface area (Å²) in [7, 11) is 1.78. The van der Waals surface area contributed by atoms with Crippen LogP contribution in [0.4, 0.5) is 0 Å². The average Bonchev–Trinajstić information content (AvgIpc) is 3.59. The van der Waals surface area contributed by atoms with Crippen LogP contribution in [-0.2, 0) is 25.5 Å². The number of carbonyl (C=O) groups is 4. The first-order valence-corrected chi connectivity index (χ1v) is 19.4. The van der Waals surface area contributed by atoms with Gasteiger partial charge in [0.15, 0.2) is 6.10 Å². The Morgan fingerprint density at radius 1 is 0.882 bits per heavy atom. The summed E-state index contributed by atoms with van der Waals surface area (Å²) >= 11 is 1.28. The largest absolute Gasteiger partial charge is 0.455 e. The Bertz CT molecular complexity index is 1540. The molecule has 0 aliphatic rings. The number of nitrogens with one attached hydrogen (secondary N) is 1. The van der Waals surface area contributed by atoms with Gasteiger partial charge in [0.25, 0.3) is 5.91 Å². The van der Waals surface area contributed by atoms with Crippen LogP contribution < -0.4 is 5.32 Å². The molecule has 6 atom stereocenters. The van der Waals surface area contributed by atoms with Crippen LogP contribution in [0.1, 0.15) is 126 Å². The maximum Gasteiger partial charge on any atom is 0.303 e. The number of hydrogen-bond donors (Lipinski definition) is 1. The highest BCUT2D eigenvalue weighted by Crippen LogP contribution is 2.33. The number of hydrogen-bond acceptors (Lipinski definition) is 7. The van der Waals surface area contributed by atoms with Crippen molar-refractivity contribution in [1.29, 1.82) is 0 Å². The van der Waals surface area contributed by atoms with Crippen molar-refractivity contribution >= 4 is 34.9 Å². The van der Waals surface area contributed by atoms with Crippen molar-refractivity contribution in [2.45, 2.75) is 118 Å². The van der Waals surface area contributed by atoms with Gasteiger partial charge < -0.3 is 15.0 Å². The normalized spacial score (nSPS) is 15.0. The van der Waals surface area contributed by atoms with E-state index >= 15 is 0 Å². The lowest BCUT2D eigenvalue weighted by atomic mass is 9.83. The lowest BCUT2D eigenvalue weighted by molar-refractivity contribution is -0.149. The monoisotopic (exact) mass is 717 g/mol. The number of ether oxygens (including phenoxy) is 1.